The summed E-state index contributed by atoms with van der Waals surface area (Å²) in [4.78, 5) is 34.5. The molecule has 0 aliphatic heterocycles. The fourth-order valence-corrected chi connectivity index (χ4v) is 1.64. The second kappa shape index (κ2) is 6.79. The number of nitrogens with two attached hydrogens (primary N) is 1. The SMILES string of the molecule is CSc1ccc(C(=O)O[C@H](C)C(=O)NC(N)=O)cc1. The van der Waals surface area contributed by atoms with Crippen molar-refractivity contribution in [3.63, 3.8) is 0 Å². The molecule has 102 valence electrons. The zero-order valence-corrected chi connectivity index (χ0v) is 11.3. The molecule has 0 spiro atoms. The van der Waals surface area contributed by atoms with Crippen molar-refractivity contribution in [2.24, 2.45) is 5.73 Å². The van der Waals surface area contributed by atoms with Crippen molar-refractivity contribution in [2.45, 2.75) is 17.9 Å². The first-order valence-electron chi connectivity index (χ1n) is 5.39. The molecule has 0 bridgehead atoms. The van der Waals surface area contributed by atoms with Crippen molar-refractivity contribution >= 4 is 29.7 Å². The van der Waals surface area contributed by atoms with Crippen LogP contribution in [0.5, 0.6) is 0 Å². The van der Waals surface area contributed by atoms with Gasteiger partial charge in [0.2, 0.25) is 0 Å². The Labute approximate surface area is 114 Å². The van der Waals surface area contributed by atoms with E-state index in [4.69, 9.17) is 10.5 Å². The van der Waals surface area contributed by atoms with Gasteiger partial charge in [-0.2, -0.15) is 0 Å². The fourth-order valence-electron chi connectivity index (χ4n) is 1.23. The zero-order valence-electron chi connectivity index (χ0n) is 10.5. The van der Waals surface area contributed by atoms with Gasteiger partial charge in [0.05, 0.1) is 5.56 Å². The molecule has 1 rings (SSSR count). The first-order valence-corrected chi connectivity index (χ1v) is 6.62. The molecule has 3 amide bonds. The highest BCUT2D eigenvalue weighted by molar-refractivity contribution is 7.98. The summed E-state index contributed by atoms with van der Waals surface area (Å²) in [6.45, 7) is 1.35. The maximum atomic E-state index is 11.7. The van der Waals surface area contributed by atoms with Crippen molar-refractivity contribution in [3.8, 4) is 0 Å². The highest BCUT2D eigenvalue weighted by Crippen LogP contribution is 2.15. The van der Waals surface area contributed by atoms with Crippen molar-refractivity contribution in [1.29, 1.82) is 0 Å². The van der Waals surface area contributed by atoms with E-state index in [0.717, 1.165) is 4.90 Å². The van der Waals surface area contributed by atoms with E-state index < -0.39 is 24.0 Å². The van der Waals surface area contributed by atoms with Crippen LogP contribution in [0, 0.1) is 0 Å². The number of amides is 3. The van der Waals surface area contributed by atoms with Gasteiger partial charge in [-0.1, -0.05) is 0 Å². The standard InChI is InChI=1S/C12H14N2O4S/c1-7(10(15)14-12(13)17)18-11(16)8-3-5-9(19-2)6-4-8/h3-7H,1-2H3,(H3,13,14,15,17)/t7-/m1/s1. The monoisotopic (exact) mass is 282 g/mol. The third-order valence-corrected chi connectivity index (χ3v) is 2.97. The smallest absolute Gasteiger partial charge is 0.338 e. The molecule has 6 nitrogen and oxygen atoms in total. The van der Waals surface area contributed by atoms with Crippen LogP contribution in [0.4, 0.5) is 4.79 Å². The van der Waals surface area contributed by atoms with Crippen LogP contribution in [0.2, 0.25) is 0 Å². The molecule has 0 aliphatic rings. The van der Waals surface area contributed by atoms with E-state index >= 15 is 0 Å². The van der Waals surface area contributed by atoms with Crippen molar-refractivity contribution in [3.05, 3.63) is 29.8 Å². The molecule has 19 heavy (non-hydrogen) atoms. The molecule has 0 saturated carbocycles. The third-order valence-electron chi connectivity index (χ3n) is 2.23. The molecule has 0 heterocycles. The number of thioether (sulfide) groups is 1. The topological polar surface area (TPSA) is 98.5 Å². The average Bonchev–Trinajstić information content (AvgIpc) is 2.37. The molecule has 0 fully saturated rings. The molecule has 7 heteroatoms. The summed E-state index contributed by atoms with van der Waals surface area (Å²) in [5.41, 5.74) is 5.12. The Balaban J connectivity index is 2.63. The minimum Gasteiger partial charge on any atom is -0.449 e. The molecule has 1 aromatic carbocycles. The van der Waals surface area contributed by atoms with Gasteiger partial charge in [0.25, 0.3) is 5.91 Å². The summed E-state index contributed by atoms with van der Waals surface area (Å²) in [5, 5.41) is 1.84. The maximum Gasteiger partial charge on any atom is 0.338 e. The number of nitrogens with one attached hydrogen (secondary N) is 1. The first-order chi connectivity index (χ1) is 8.93. The van der Waals surface area contributed by atoms with Crippen LogP contribution < -0.4 is 11.1 Å². The summed E-state index contributed by atoms with van der Waals surface area (Å²) in [6.07, 6.45) is 0.823. The number of urea groups is 1. The zero-order chi connectivity index (χ0) is 14.4. The van der Waals surface area contributed by atoms with Crippen molar-refractivity contribution < 1.29 is 19.1 Å². The Morgan fingerprint density at radius 3 is 2.32 bits per heavy atom. The molecule has 0 aliphatic carbocycles. The Morgan fingerprint density at radius 2 is 1.84 bits per heavy atom. The van der Waals surface area contributed by atoms with Gasteiger partial charge in [-0.05, 0) is 37.4 Å². The molecular weight excluding hydrogens is 268 g/mol. The molecule has 1 aromatic rings. The van der Waals surface area contributed by atoms with Gasteiger partial charge in [0, 0.05) is 4.90 Å². The van der Waals surface area contributed by atoms with Gasteiger partial charge >= 0.3 is 12.0 Å². The molecule has 0 unspecified atom stereocenters. The lowest BCUT2D eigenvalue weighted by molar-refractivity contribution is -0.127. The molecule has 0 saturated heterocycles. The normalized spacial score (nSPS) is 11.5. The van der Waals surface area contributed by atoms with Gasteiger partial charge in [-0.3, -0.25) is 10.1 Å². The van der Waals surface area contributed by atoms with Gasteiger partial charge in [-0.25, -0.2) is 9.59 Å². The second-order valence-electron chi connectivity index (χ2n) is 3.63. The van der Waals surface area contributed by atoms with Crippen LogP contribution in [-0.4, -0.2) is 30.3 Å². The van der Waals surface area contributed by atoms with E-state index in [1.54, 1.807) is 36.0 Å². The number of benzene rings is 1. The number of hydrogen-bond acceptors (Lipinski definition) is 5. The maximum absolute atomic E-state index is 11.7. The van der Waals surface area contributed by atoms with E-state index in [1.165, 1.54) is 6.92 Å². The van der Waals surface area contributed by atoms with Gasteiger partial charge in [0.15, 0.2) is 6.10 Å². The summed E-state index contributed by atoms with van der Waals surface area (Å²) < 4.78 is 4.91. The van der Waals surface area contributed by atoms with Crippen LogP contribution in [-0.2, 0) is 9.53 Å². The van der Waals surface area contributed by atoms with E-state index in [-0.39, 0.29) is 0 Å². The summed E-state index contributed by atoms with van der Waals surface area (Å²) in [5.74, 6) is -1.40. The quantitative estimate of drug-likeness (QED) is 0.637. The molecule has 0 radical (unpaired) electrons. The number of carbonyl (C=O) groups is 3. The number of imide groups is 1. The van der Waals surface area contributed by atoms with Crippen LogP contribution >= 0.6 is 11.8 Å². The lowest BCUT2D eigenvalue weighted by Gasteiger charge is -2.12. The predicted molar refractivity (Wildman–Crippen MR) is 70.8 cm³/mol. The number of carbonyl (C=O) groups excluding carboxylic acids is 3. The third kappa shape index (κ3) is 4.63. The highest BCUT2D eigenvalue weighted by atomic mass is 32.2. The molecule has 1 atom stereocenters. The molecule has 3 N–H and O–H groups in total. The predicted octanol–water partition coefficient (Wildman–Crippen LogP) is 1.15. The Kier molecular flexibility index (Phi) is 5.37. The number of esters is 1. The second-order valence-corrected chi connectivity index (χ2v) is 4.51. The van der Waals surface area contributed by atoms with Crippen LogP contribution in [0.3, 0.4) is 0 Å². The minimum absolute atomic E-state index is 0.330. The average molecular weight is 282 g/mol. The lowest BCUT2D eigenvalue weighted by Crippen LogP contribution is -2.42. The van der Waals surface area contributed by atoms with E-state index in [0.29, 0.717) is 5.56 Å². The summed E-state index contributed by atoms with van der Waals surface area (Å²) in [6, 6.07) is 5.77. The van der Waals surface area contributed by atoms with E-state index in [2.05, 4.69) is 0 Å². The number of primary amides is 1. The minimum atomic E-state index is -1.10. The van der Waals surface area contributed by atoms with Crippen LogP contribution in [0.1, 0.15) is 17.3 Å². The van der Waals surface area contributed by atoms with Gasteiger partial charge < -0.3 is 10.5 Å². The summed E-state index contributed by atoms with van der Waals surface area (Å²) >= 11 is 1.55. The van der Waals surface area contributed by atoms with E-state index in [1.807, 2.05) is 11.6 Å². The Morgan fingerprint density at radius 1 is 1.26 bits per heavy atom. The fraction of sp³-hybridized carbons (Fsp3) is 0.250. The van der Waals surface area contributed by atoms with Crippen LogP contribution in [0.25, 0.3) is 0 Å². The van der Waals surface area contributed by atoms with E-state index in [9.17, 15) is 14.4 Å². The molecular formula is C12H14N2O4S. The lowest BCUT2D eigenvalue weighted by atomic mass is 10.2. The largest absolute Gasteiger partial charge is 0.449 e. The summed E-state index contributed by atoms with van der Waals surface area (Å²) in [7, 11) is 0. The van der Waals surface area contributed by atoms with Crippen LogP contribution in [0.15, 0.2) is 29.2 Å². The van der Waals surface area contributed by atoms with Crippen molar-refractivity contribution in [1.82, 2.24) is 5.32 Å². The van der Waals surface area contributed by atoms with Gasteiger partial charge in [0.1, 0.15) is 0 Å². The molecule has 0 aromatic heterocycles. The Hall–Kier alpha value is -2.02. The van der Waals surface area contributed by atoms with Gasteiger partial charge in [-0.15, -0.1) is 11.8 Å². The highest BCUT2D eigenvalue weighted by Gasteiger charge is 2.19. The Bertz CT molecular complexity index is 487. The number of rotatable bonds is 4. The first kappa shape index (κ1) is 15.0. The van der Waals surface area contributed by atoms with Crippen molar-refractivity contribution in [2.75, 3.05) is 6.26 Å². The number of hydrogen-bond donors (Lipinski definition) is 2. The number of ether oxygens (including phenoxy) is 1.